The van der Waals surface area contributed by atoms with Crippen LogP contribution in [0.1, 0.15) is 5.56 Å². The second-order valence-electron chi connectivity index (χ2n) is 6.25. The number of amides is 2. The van der Waals surface area contributed by atoms with Gasteiger partial charge in [-0.25, -0.2) is 0 Å². The highest BCUT2D eigenvalue weighted by Crippen LogP contribution is 2.20. The van der Waals surface area contributed by atoms with Gasteiger partial charge in [0.05, 0.1) is 7.11 Å². The summed E-state index contributed by atoms with van der Waals surface area (Å²) in [7, 11) is 1.64. The van der Waals surface area contributed by atoms with Crippen LogP contribution in [0.25, 0.3) is 0 Å². The van der Waals surface area contributed by atoms with Gasteiger partial charge in [-0.2, -0.15) is 0 Å². The molecular formula is C20H22ClN3O3. The van der Waals surface area contributed by atoms with Gasteiger partial charge >= 0.3 is 11.8 Å². The average Bonchev–Trinajstić information content (AvgIpc) is 2.72. The van der Waals surface area contributed by atoms with Crippen molar-refractivity contribution in [1.82, 2.24) is 10.2 Å². The number of hydrogen-bond donors (Lipinski definition) is 1. The molecule has 27 heavy (non-hydrogen) atoms. The van der Waals surface area contributed by atoms with Gasteiger partial charge in [0.25, 0.3) is 0 Å². The monoisotopic (exact) mass is 387 g/mol. The van der Waals surface area contributed by atoms with E-state index in [-0.39, 0.29) is 6.54 Å². The molecule has 142 valence electrons. The molecule has 0 atom stereocenters. The summed E-state index contributed by atoms with van der Waals surface area (Å²) >= 11 is 6.07. The van der Waals surface area contributed by atoms with Gasteiger partial charge in [0.2, 0.25) is 0 Å². The van der Waals surface area contributed by atoms with Gasteiger partial charge in [-0.3, -0.25) is 9.59 Å². The number of carbonyl (C=O) groups excluding carboxylic acids is 2. The van der Waals surface area contributed by atoms with Crippen LogP contribution in [0.2, 0.25) is 5.02 Å². The van der Waals surface area contributed by atoms with E-state index in [0.717, 1.165) is 17.0 Å². The summed E-state index contributed by atoms with van der Waals surface area (Å²) in [6, 6.07) is 15.0. The molecule has 1 saturated heterocycles. The van der Waals surface area contributed by atoms with E-state index in [0.29, 0.717) is 31.2 Å². The van der Waals surface area contributed by atoms with Crippen LogP contribution < -0.4 is 15.0 Å². The summed E-state index contributed by atoms with van der Waals surface area (Å²) < 4.78 is 5.17. The van der Waals surface area contributed by atoms with Gasteiger partial charge in [-0.15, -0.1) is 0 Å². The van der Waals surface area contributed by atoms with Crippen LogP contribution >= 0.6 is 11.6 Å². The first-order valence-electron chi connectivity index (χ1n) is 8.78. The fourth-order valence-corrected chi connectivity index (χ4v) is 3.20. The molecule has 0 spiro atoms. The van der Waals surface area contributed by atoms with Gasteiger partial charge in [-0.05, 0) is 35.9 Å². The minimum atomic E-state index is -0.604. The lowest BCUT2D eigenvalue weighted by Crippen LogP contribution is -2.52. The number of piperazine rings is 1. The Balaban J connectivity index is 1.50. The summed E-state index contributed by atoms with van der Waals surface area (Å²) in [4.78, 5) is 28.3. The molecule has 0 saturated carbocycles. The number of carbonyl (C=O) groups is 2. The van der Waals surface area contributed by atoms with Crippen molar-refractivity contribution >= 4 is 29.1 Å². The van der Waals surface area contributed by atoms with Crippen LogP contribution in [0.3, 0.4) is 0 Å². The zero-order valence-electron chi connectivity index (χ0n) is 15.2. The molecule has 0 radical (unpaired) electrons. The smallest absolute Gasteiger partial charge is 0.312 e. The van der Waals surface area contributed by atoms with Gasteiger partial charge in [-0.1, -0.05) is 29.8 Å². The second-order valence-corrected chi connectivity index (χ2v) is 6.66. The summed E-state index contributed by atoms with van der Waals surface area (Å²) in [5, 5.41) is 3.22. The topological polar surface area (TPSA) is 61.9 Å². The van der Waals surface area contributed by atoms with Gasteiger partial charge in [0, 0.05) is 43.4 Å². The molecule has 7 heteroatoms. The van der Waals surface area contributed by atoms with Crippen molar-refractivity contribution in [2.75, 3.05) is 38.2 Å². The summed E-state index contributed by atoms with van der Waals surface area (Å²) in [6.07, 6.45) is 0. The van der Waals surface area contributed by atoms with Crippen molar-refractivity contribution in [1.29, 1.82) is 0 Å². The third-order valence-corrected chi connectivity index (χ3v) is 4.96. The van der Waals surface area contributed by atoms with Crippen LogP contribution in [0.5, 0.6) is 5.75 Å². The van der Waals surface area contributed by atoms with Crippen LogP contribution in [0.15, 0.2) is 48.5 Å². The summed E-state index contributed by atoms with van der Waals surface area (Å²) in [5.41, 5.74) is 1.86. The molecule has 2 aromatic carbocycles. The molecule has 0 aliphatic carbocycles. The number of nitrogens with one attached hydrogen (secondary N) is 1. The number of benzene rings is 2. The lowest BCUT2D eigenvalue weighted by Gasteiger charge is -2.35. The summed E-state index contributed by atoms with van der Waals surface area (Å²) in [5.74, 6) is -0.299. The molecule has 0 unspecified atom stereocenters. The molecule has 1 heterocycles. The predicted octanol–water partition coefficient (Wildman–Crippen LogP) is 2.31. The molecule has 1 fully saturated rings. The molecule has 6 nitrogen and oxygen atoms in total. The van der Waals surface area contributed by atoms with Gasteiger partial charge < -0.3 is 19.9 Å². The Morgan fingerprint density at radius 3 is 2.33 bits per heavy atom. The van der Waals surface area contributed by atoms with Crippen molar-refractivity contribution in [3.05, 3.63) is 59.1 Å². The van der Waals surface area contributed by atoms with Crippen LogP contribution in [0.4, 0.5) is 5.69 Å². The highest BCUT2D eigenvalue weighted by molar-refractivity contribution is 6.35. The van der Waals surface area contributed by atoms with Crippen LogP contribution in [0, 0.1) is 0 Å². The minimum Gasteiger partial charge on any atom is -0.497 e. The molecular weight excluding hydrogens is 366 g/mol. The first kappa shape index (κ1) is 19.0. The average molecular weight is 388 g/mol. The van der Waals surface area contributed by atoms with E-state index in [1.807, 2.05) is 42.5 Å². The van der Waals surface area contributed by atoms with Crippen molar-refractivity contribution in [2.24, 2.45) is 0 Å². The Bertz CT molecular complexity index is 802. The van der Waals surface area contributed by atoms with Crippen molar-refractivity contribution < 1.29 is 14.3 Å². The Labute approximate surface area is 163 Å². The first-order chi connectivity index (χ1) is 13.1. The third kappa shape index (κ3) is 4.71. The van der Waals surface area contributed by atoms with Crippen molar-refractivity contribution in [3.63, 3.8) is 0 Å². The molecule has 1 aliphatic rings. The molecule has 3 rings (SSSR count). The zero-order chi connectivity index (χ0) is 19.2. The Morgan fingerprint density at radius 1 is 1.04 bits per heavy atom. The largest absolute Gasteiger partial charge is 0.497 e. The number of hydrogen-bond acceptors (Lipinski definition) is 4. The Kier molecular flexibility index (Phi) is 6.19. The quantitative estimate of drug-likeness (QED) is 0.818. The number of methoxy groups -OCH3 is 1. The number of halogens is 1. The molecule has 1 N–H and O–H groups in total. The normalized spacial score (nSPS) is 14.0. The first-order valence-corrected chi connectivity index (χ1v) is 9.16. The SMILES string of the molecule is COc1ccc(N2CCN(C(=O)C(=O)NCc3ccccc3Cl)CC2)cc1. The molecule has 0 bridgehead atoms. The lowest BCUT2D eigenvalue weighted by molar-refractivity contribution is -0.146. The fourth-order valence-electron chi connectivity index (χ4n) is 3.00. The number of nitrogens with zero attached hydrogens (tertiary/aromatic N) is 2. The maximum Gasteiger partial charge on any atom is 0.312 e. The van der Waals surface area contributed by atoms with E-state index in [4.69, 9.17) is 16.3 Å². The Morgan fingerprint density at radius 2 is 1.70 bits per heavy atom. The predicted molar refractivity (Wildman–Crippen MR) is 105 cm³/mol. The number of ether oxygens (including phenoxy) is 1. The van der Waals surface area contributed by atoms with E-state index < -0.39 is 11.8 Å². The van der Waals surface area contributed by atoms with E-state index in [1.54, 1.807) is 18.1 Å². The van der Waals surface area contributed by atoms with Crippen LogP contribution in [-0.4, -0.2) is 50.0 Å². The number of rotatable bonds is 4. The maximum atomic E-state index is 12.4. The highest BCUT2D eigenvalue weighted by atomic mass is 35.5. The molecule has 2 amide bonds. The highest BCUT2D eigenvalue weighted by Gasteiger charge is 2.26. The van der Waals surface area contributed by atoms with Crippen molar-refractivity contribution in [2.45, 2.75) is 6.54 Å². The van der Waals surface area contributed by atoms with E-state index in [2.05, 4.69) is 10.2 Å². The molecule has 1 aliphatic heterocycles. The number of anilines is 1. The molecule has 2 aromatic rings. The minimum absolute atomic E-state index is 0.232. The van der Waals surface area contributed by atoms with E-state index >= 15 is 0 Å². The molecule has 0 aromatic heterocycles. The van der Waals surface area contributed by atoms with Gasteiger partial charge in [0.1, 0.15) is 5.75 Å². The van der Waals surface area contributed by atoms with Crippen molar-refractivity contribution in [3.8, 4) is 5.75 Å². The second kappa shape index (κ2) is 8.77. The fraction of sp³-hybridized carbons (Fsp3) is 0.300. The standard InChI is InChI=1S/C20H22ClN3O3/c1-27-17-8-6-16(7-9-17)23-10-12-24(13-11-23)20(26)19(25)22-14-15-4-2-3-5-18(15)21/h2-9H,10-14H2,1H3,(H,22,25). The third-order valence-electron chi connectivity index (χ3n) is 4.60. The zero-order valence-corrected chi connectivity index (χ0v) is 15.9. The van der Waals surface area contributed by atoms with Gasteiger partial charge in [0.15, 0.2) is 0 Å². The lowest BCUT2D eigenvalue weighted by atomic mass is 10.2. The maximum absolute atomic E-state index is 12.4. The van der Waals surface area contributed by atoms with Crippen LogP contribution in [-0.2, 0) is 16.1 Å². The Hall–Kier alpha value is -2.73. The summed E-state index contributed by atoms with van der Waals surface area (Å²) in [6.45, 7) is 2.59. The van der Waals surface area contributed by atoms with E-state index in [1.165, 1.54) is 0 Å². The van der Waals surface area contributed by atoms with E-state index in [9.17, 15) is 9.59 Å².